The summed E-state index contributed by atoms with van der Waals surface area (Å²) in [7, 11) is 0. The minimum absolute atomic E-state index is 0.0110. The largest absolute Gasteiger partial charge is 0.371 e. The molecular formula is C16H21Cl2FN2O2. The Morgan fingerprint density at radius 1 is 1.35 bits per heavy atom. The molecule has 4 nitrogen and oxygen atoms in total. The standard InChI is InChI=1S/C16H21Cl2FN2O2/c1-3-21(4-2)16(22)10-20-5-6-23-15(9-20)11-7-14(19)13(18)8-12(11)17/h7-8,15H,3-6,9-10H2,1-2H3. The van der Waals surface area contributed by atoms with Gasteiger partial charge in [0.1, 0.15) is 5.82 Å². The molecule has 1 aliphatic heterocycles. The highest BCUT2D eigenvalue weighted by atomic mass is 35.5. The summed E-state index contributed by atoms with van der Waals surface area (Å²) in [6, 6.07) is 2.70. The van der Waals surface area contributed by atoms with Crippen LogP contribution in [0.2, 0.25) is 10.0 Å². The molecule has 0 radical (unpaired) electrons. The molecule has 7 heteroatoms. The van der Waals surface area contributed by atoms with Crippen LogP contribution in [0.15, 0.2) is 12.1 Å². The highest BCUT2D eigenvalue weighted by Gasteiger charge is 2.26. The molecule has 1 amide bonds. The van der Waals surface area contributed by atoms with E-state index in [1.165, 1.54) is 12.1 Å². The smallest absolute Gasteiger partial charge is 0.236 e. The van der Waals surface area contributed by atoms with Gasteiger partial charge in [-0.1, -0.05) is 23.2 Å². The number of amides is 1. The number of rotatable bonds is 5. The lowest BCUT2D eigenvalue weighted by molar-refractivity contribution is -0.134. The van der Waals surface area contributed by atoms with Gasteiger partial charge in [-0.05, 0) is 26.0 Å². The van der Waals surface area contributed by atoms with Gasteiger partial charge in [0.05, 0.1) is 24.3 Å². The molecule has 1 aromatic carbocycles. The minimum Gasteiger partial charge on any atom is -0.371 e. The molecule has 1 saturated heterocycles. The van der Waals surface area contributed by atoms with Crippen LogP contribution in [0.3, 0.4) is 0 Å². The molecule has 1 aliphatic rings. The monoisotopic (exact) mass is 362 g/mol. The van der Waals surface area contributed by atoms with E-state index in [-0.39, 0.29) is 17.0 Å². The first-order valence-corrected chi connectivity index (χ1v) is 8.48. The van der Waals surface area contributed by atoms with Crippen LogP contribution >= 0.6 is 23.2 Å². The van der Waals surface area contributed by atoms with Crippen molar-refractivity contribution in [2.45, 2.75) is 20.0 Å². The lowest BCUT2D eigenvalue weighted by Gasteiger charge is -2.34. The molecule has 1 aromatic rings. The molecule has 0 spiro atoms. The summed E-state index contributed by atoms with van der Waals surface area (Å²) in [5.74, 6) is -0.435. The van der Waals surface area contributed by atoms with E-state index < -0.39 is 5.82 Å². The number of hydrogen-bond donors (Lipinski definition) is 0. The zero-order valence-electron chi connectivity index (χ0n) is 13.3. The van der Waals surface area contributed by atoms with Crippen molar-refractivity contribution in [1.82, 2.24) is 9.80 Å². The maximum Gasteiger partial charge on any atom is 0.236 e. The Balaban J connectivity index is 2.06. The summed E-state index contributed by atoms with van der Waals surface area (Å²) in [6.07, 6.45) is -0.368. The number of nitrogens with zero attached hydrogens (tertiary/aromatic N) is 2. The zero-order valence-corrected chi connectivity index (χ0v) is 14.8. The van der Waals surface area contributed by atoms with E-state index in [0.717, 1.165) is 0 Å². The summed E-state index contributed by atoms with van der Waals surface area (Å²) in [4.78, 5) is 16.0. The number of likely N-dealkylation sites (N-methyl/N-ethyl adjacent to an activating group) is 1. The predicted molar refractivity (Wildman–Crippen MR) is 89.5 cm³/mol. The third-order valence-electron chi connectivity index (χ3n) is 4.01. The van der Waals surface area contributed by atoms with Crippen LogP contribution in [0, 0.1) is 5.82 Å². The highest BCUT2D eigenvalue weighted by Crippen LogP contribution is 2.32. The number of carbonyl (C=O) groups is 1. The van der Waals surface area contributed by atoms with Gasteiger partial charge in [0.25, 0.3) is 0 Å². The predicted octanol–water partition coefficient (Wildman–Crippen LogP) is 3.37. The van der Waals surface area contributed by atoms with E-state index in [2.05, 4.69) is 0 Å². The van der Waals surface area contributed by atoms with Crippen molar-refractivity contribution in [1.29, 1.82) is 0 Å². The van der Waals surface area contributed by atoms with Gasteiger partial charge in [0.2, 0.25) is 5.91 Å². The number of ether oxygens (including phenoxy) is 1. The van der Waals surface area contributed by atoms with Gasteiger partial charge in [0, 0.05) is 36.8 Å². The first-order chi connectivity index (χ1) is 11.0. The molecule has 1 atom stereocenters. The molecule has 1 heterocycles. The zero-order chi connectivity index (χ0) is 17.0. The molecular weight excluding hydrogens is 342 g/mol. The molecule has 23 heavy (non-hydrogen) atoms. The fourth-order valence-corrected chi connectivity index (χ4v) is 3.19. The fourth-order valence-electron chi connectivity index (χ4n) is 2.69. The van der Waals surface area contributed by atoms with Crippen molar-refractivity contribution in [3.8, 4) is 0 Å². The number of halogens is 3. The molecule has 0 saturated carbocycles. The lowest BCUT2D eigenvalue weighted by atomic mass is 10.1. The normalized spacial score (nSPS) is 18.9. The first kappa shape index (κ1) is 18.5. The van der Waals surface area contributed by atoms with Crippen molar-refractivity contribution < 1.29 is 13.9 Å². The minimum atomic E-state index is -0.522. The Labute approximate surface area is 146 Å². The average Bonchev–Trinajstić information content (AvgIpc) is 2.52. The van der Waals surface area contributed by atoms with Gasteiger partial charge < -0.3 is 9.64 Å². The molecule has 0 aliphatic carbocycles. The summed E-state index contributed by atoms with van der Waals surface area (Å²) in [5, 5.41) is 0.362. The number of carbonyl (C=O) groups excluding carboxylic acids is 1. The van der Waals surface area contributed by atoms with E-state index in [0.29, 0.717) is 49.9 Å². The van der Waals surface area contributed by atoms with Crippen molar-refractivity contribution in [3.63, 3.8) is 0 Å². The molecule has 0 bridgehead atoms. The van der Waals surface area contributed by atoms with Gasteiger partial charge >= 0.3 is 0 Å². The van der Waals surface area contributed by atoms with E-state index in [4.69, 9.17) is 27.9 Å². The first-order valence-electron chi connectivity index (χ1n) is 7.72. The number of benzene rings is 1. The molecule has 128 valence electrons. The van der Waals surface area contributed by atoms with Crippen LogP contribution in [0.1, 0.15) is 25.5 Å². The Kier molecular flexibility index (Phi) is 6.65. The van der Waals surface area contributed by atoms with E-state index in [9.17, 15) is 9.18 Å². The van der Waals surface area contributed by atoms with Crippen LogP contribution in [0.5, 0.6) is 0 Å². The second-order valence-corrected chi connectivity index (χ2v) is 6.26. The van der Waals surface area contributed by atoms with Crippen molar-refractivity contribution >= 4 is 29.1 Å². The van der Waals surface area contributed by atoms with Gasteiger partial charge in [-0.25, -0.2) is 4.39 Å². The van der Waals surface area contributed by atoms with Crippen LogP contribution in [0.25, 0.3) is 0 Å². The Morgan fingerprint density at radius 2 is 2.04 bits per heavy atom. The highest BCUT2D eigenvalue weighted by molar-refractivity contribution is 6.35. The topological polar surface area (TPSA) is 32.8 Å². The number of hydrogen-bond acceptors (Lipinski definition) is 3. The lowest BCUT2D eigenvalue weighted by Crippen LogP contribution is -2.45. The van der Waals surface area contributed by atoms with Crippen LogP contribution < -0.4 is 0 Å². The Morgan fingerprint density at radius 3 is 2.70 bits per heavy atom. The van der Waals surface area contributed by atoms with Gasteiger partial charge in [0.15, 0.2) is 0 Å². The van der Waals surface area contributed by atoms with Crippen LogP contribution in [-0.2, 0) is 9.53 Å². The second-order valence-electron chi connectivity index (χ2n) is 5.45. The van der Waals surface area contributed by atoms with Crippen LogP contribution in [-0.4, -0.2) is 55.0 Å². The summed E-state index contributed by atoms with van der Waals surface area (Å²) in [5.41, 5.74) is 0.563. The van der Waals surface area contributed by atoms with Crippen molar-refractivity contribution in [2.75, 3.05) is 39.3 Å². The Hall–Kier alpha value is -0.880. The maximum atomic E-state index is 13.7. The average molecular weight is 363 g/mol. The van der Waals surface area contributed by atoms with E-state index in [1.54, 1.807) is 4.90 Å². The SMILES string of the molecule is CCN(CC)C(=O)CN1CCOC(c2cc(F)c(Cl)cc2Cl)C1. The van der Waals surface area contributed by atoms with Gasteiger partial charge in [-0.3, -0.25) is 9.69 Å². The van der Waals surface area contributed by atoms with E-state index in [1.807, 2.05) is 18.7 Å². The molecule has 0 aromatic heterocycles. The second kappa shape index (κ2) is 8.29. The van der Waals surface area contributed by atoms with Crippen molar-refractivity contribution in [3.05, 3.63) is 33.6 Å². The number of morpholine rings is 1. The molecule has 0 N–H and O–H groups in total. The molecule has 2 rings (SSSR count). The Bertz CT molecular complexity index is 567. The quantitative estimate of drug-likeness (QED) is 0.752. The maximum absolute atomic E-state index is 13.7. The fraction of sp³-hybridized carbons (Fsp3) is 0.562. The summed E-state index contributed by atoms with van der Waals surface area (Å²) < 4.78 is 19.4. The summed E-state index contributed by atoms with van der Waals surface area (Å²) >= 11 is 11.9. The third-order valence-corrected chi connectivity index (χ3v) is 4.63. The van der Waals surface area contributed by atoms with E-state index >= 15 is 0 Å². The molecule has 1 fully saturated rings. The third kappa shape index (κ3) is 4.57. The summed E-state index contributed by atoms with van der Waals surface area (Å²) in [6.45, 7) is 7.26. The molecule has 1 unspecified atom stereocenters. The van der Waals surface area contributed by atoms with Gasteiger partial charge in [-0.2, -0.15) is 0 Å². The van der Waals surface area contributed by atoms with Crippen LogP contribution in [0.4, 0.5) is 4.39 Å². The van der Waals surface area contributed by atoms with Gasteiger partial charge in [-0.15, -0.1) is 0 Å². The van der Waals surface area contributed by atoms with Crippen molar-refractivity contribution in [2.24, 2.45) is 0 Å².